The van der Waals surface area contributed by atoms with Crippen molar-refractivity contribution in [3.8, 4) is 0 Å². The van der Waals surface area contributed by atoms with Crippen molar-refractivity contribution in [2.24, 2.45) is 0 Å². The first-order valence-corrected chi connectivity index (χ1v) is 11.3. The fourth-order valence-electron chi connectivity index (χ4n) is 3.72. The summed E-state index contributed by atoms with van der Waals surface area (Å²) < 4.78 is 4.94. The molecule has 1 nitrogen and oxygen atoms in total. The number of hydrogen-bond acceptors (Lipinski definition) is 1. The summed E-state index contributed by atoms with van der Waals surface area (Å²) in [5.74, 6) is 7.99. The van der Waals surface area contributed by atoms with E-state index in [1.165, 1.54) is 48.3 Å². The zero-order valence-corrected chi connectivity index (χ0v) is 22.6. The van der Waals surface area contributed by atoms with E-state index in [4.69, 9.17) is 4.74 Å². The number of ether oxygens (including phenoxy) is 1. The van der Waals surface area contributed by atoms with E-state index in [0.29, 0.717) is 0 Å². The molecular formula is C31H29OPr. The van der Waals surface area contributed by atoms with E-state index in [0.717, 1.165) is 13.2 Å². The van der Waals surface area contributed by atoms with Gasteiger partial charge in [0.05, 0.1) is 0 Å². The fraction of sp³-hybridized carbons (Fsp3) is 0.129. The first kappa shape index (κ1) is 27.4. The smallest absolute Gasteiger partial charge is 0.0466 e. The molecule has 0 unspecified atom stereocenters. The Morgan fingerprint density at radius 2 is 0.636 bits per heavy atom. The van der Waals surface area contributed by atoms with Crippen molar-refractivity contribution in [1.82, 2.24) is 0 Å². The second kappa shape index (κ2) is 15.7. The molecule has 7 rings (SSSR count). The standard InChI is InChI=1S/3C9H7.C4H8O.Pr/c3*1-2-5-9-7-3-6-8(9)4-1;1-2-4-5-3-1;/h3*1-7H;1-4H2;. The number of hydrogen-bond donors (Lipinski definition) is 0. The molecule has 0 aromatic heterocycles. The second-order valence-electron chi connectivity index (χ2n) is 7.78. The molecule has 0 spiro atoms. The van der Waals surface area contributed by atoms with Gasteiger partial charge in [0, 0.05) is 90.0 Å². The van der Waals surface area contributed by atoms with Gasteiger partial charge in [0.15, 0.2) is 0 Å². The van der Waals surface area contributed by atoms with Crippen LogP contribution in [0.2, 0.25) is 0 Å². The van der Waals surface area contributed by atoms with Gasteiger partial charge in [-0.25, -0.2) is 0 Å². The Bertz CT molecular complexity index is 571. The normalized spacial score (nSPS) is 25.8. The SMILES string of the molecule is C1CCOC1.[CH]1[CH][C]2C=CC=C[C]2[CH]1.[CH]1[CH][C]2C=CC=C[C]2[CH]1.[CH]1[CH][C]2C=CC=C[C]2[CH]1.[Pr]. The molecule has 4 fully saturated rings. The van der Waals surface area contributed by atoms with Gasteiger partial charge in [0.2, 0.25) is 0 Å². The Hall–Kier alpha value is -0.236. The largest absolute Gasteiger partial charge is 0.381 e. The topological polar surface area (TPSA) is 9.23 Å². The minimum atomic E-state index is 0. The van der Waals surface area contributed by atoms with Crippen LogP contribution in [0, 0.1) is 135 Å². The molecule has 6 aliphatic carbocycles. The van der Waals surface area contributed by atoms with Crippen molar-refractivity contribution < 1.29 is 46.0 Å². The summed E-state index contributed by atoms with van der Waals surface area (Å²) in [6, 6.07) is 0. The van der Waals surface area contributed by atoms with Crippen molar-refractivity contribution in [2.75, 3.05) is 13.2 Å². The molecule has 1 heterocycles. The minimum absolute atomic E-state index is 0. The average Bonchev–Trinajstić information content (AvgIpc) is 3.67. The molecule has 16 radical (unpaired) electrons. The van der Waals surface area contributed by atoms with Crippen LogP contribution in [0.1, 0.15) is 12.8 Å². The van der Waals surface area contributed by atoms with E-state index in [9.17, 15) is 0 Å². The van der Waals surface area contributed by atoms with Gasteiger partial charge in [-0.15, -0.1) is 0 Å². The van der Waals surface area contributed by atoms with E-state index in [2.05, 4.69) is 131 Å². The van der Waals surface area contributed by atoms with Crippen LogP contribution in [0.5, 0.6) is 0 Å². The van der Waals surface area contributed by atoms with E-state index < -0.39 is 0 Å². The molecule has 0 atom stereocenters. The van der Waals surface area contributed by atoms with E-state index in [1.807, 2.05) is 0 Å². The Balaban J connectivity index is 0.000000125. The molecule has 33 heavy (non-hydrogen) atoms. The summed E-state index contributed by atoms with van der Waals surface area (Å²) in [5.41, 5.74) is 0. The molecule has 1 aliphatic heterocycles. The Kier molecular flexibility index (Phi) is 13.0. The Morgan fingerprint density at radius 3 is 0.818 bits per heavy atom. The van der Waals surface area contributed by atoms with Crippen LogP contribution in [0.25, 0.3) is 0 Å². The van der Waals surface area contributed by atoms with Crippen LogP contribution < -0.4 is 0 Å². The molecule has 0 aromatic carbocycles. The van der Waals surface area contributed by atoms with Gasteiger partial charge < -0.3 is 4.74 Å². The van der Waals surface area contributed by atoms with Crippen molar-refractivity contribution >= 4 is 0 Å². The van der Waals surface area contributed by atoms with Gasteiger partial charge in [-0.1, -0.05) is 72.9 Å². The second-order valence-corrected chi connectivity index (χ2v) is 7.78. The summed E-state index contributed by atoms with van der Waals surface area (Å²) in [7, 11) is 0. The Morgan fingerprint density at radius 1 is 0.394 bits per heavy atom. The van der Waals surface area contributed by atoms with Gasteiger partial charge in [-0.3, -0.25) is 0 Å². The van der Waals surface area contributed by atoms with E-state index in [-0.39, 0.29) is 41.3 Å². The molecule has 7 aliphatic rings. The number of fused-ring (bicyclic) bond motifs is 3. The maximum atomic E-state index is 4.94. The maximum Gasteiger partial charge on any atom is 0.0466 e. The molecule has 1 saturated heterocycles. The zero-order chi connectivity index (χ0) is 21.8. The minimum Gasteiger partial charge on any atom is -0.381 e. The van der Waals surface area contributed by atoms with Crippen LogP contribution in [-0.4, -0.2) is 13.2 Å². The summed E-state index contributed by atoms with van der Waals surface area (Å²) in [4.78, 5) is 0. The van der Waals surface area contributed by atoms with E-state index >= 15 is 0 Å². The van der Waals surface area contributed by atoms with Crippen LogP contribution in [-0.2, 0) is 4.74 Å². The van der Waals surface area contributed by atoms with Gasteiger partial charge in [-0.05, 0) is 70.6 Å². The van der Waals surface area contributed by atoms with Gasteiger partial charge in [-0.2, -0.15) is 0 Å². The van der Waals surface area contributed by atoms with Gasteiger partial charge in [0.25, 0.3) is 0 Å². The molecule has 0 N–H and O–H groups in total. The van der Waals surface area contributed by atoms with Crippen molar-refractivity contribution in [2.45, 2.75) is 12.8 Å². The average molecular weight is 558 g/mol. The molecule has 0 amide bonds. The molecule has 2 heteroatoms. The van der Waals surface area contributed by atoms with Crippen LogP contribution in [0.4, 0.5) is 0 Å². The maximum absolute atomic E-state index is 4.94. The monoisotopic (exact) mass is 558 g/mol. The third kappa shape index (κ3) is 9.05. The predicted molar refractivity (Wildman–Crippen MR) is 133 cm³/mol. The predicted octanol–water partition coefficient (Wildman–Crippen LogP) is 6.46. The summed E-state index contributed by atoms with van der Waals surface area (Å²) >= 11 is 0. The zero-order valence-electron chi connectivity index (χ0n) is 18.9. The summed E-state index contributed by atoms with van der Waals surface area (Å²) in [5, 5.41) is 0. The third-order valence-corrected chi connectivity index (χ3v) is 5.47. The quantitative estimate of drug-likeness (QED) is 0.332. The molecule has 0 bridgehead atoms. The fourth-order valence-corrected chi connectivity index (χ4v) is 3.72. The molecule has 162 valence electrons. The summed E-state index contributed by atoms with van der Waals surface area (Å²) in [6.07, 6.45) is 46.6. The third-order valence-electron chi connectivity index (χ3n) is 5.47. The van der Waals surface area contributed by atoms with Crippen molar-refractivity contribution in [3.63, 3.8) is 0 Å². The Labute approximate surface area is 236 Å². The van der Waals surface area contributed by atoms with Crippen molar-refractivity contribution in [3.05, 3.63) is 166 Å². The van der Waals surface area contributed by atoms with Gasteiger partial charge >= 0.3 is 0 Å². The van der Waals surface area contributed by atoms with E-state index in [1.54, 1.807) is 0 Å². The van der Waals surface area contributed by atoms with Crippen molar-refractivity contribution in [1.29, 1.82) is 0 Å². The number of allylic oxidation sites excluding steroid dienone is 12. The molecule has 3 saturated carbocycles. The number of rotatable bonds is 0. The summed E-state index contributed by atoms with van der Waals surface area (Å²) in [6.45, 7) is 2.00. The molecular weight excluding hydrogens is 529 g/mol. The first-order valence-electron chi connectivity index (χ1n) is 11.3. The van der Waals surface area contributed by atoms with Gasteiger partial charge in [0.1, 0.15) is 0 Å². The van der Waals surface area contributed by atoms with Crippen LogP contribution in [0.3, 0.4) is 0 Å². The first-order chi connectivity index (χ1) is 15.9. The van der Waals surface area contributed by atoms with Crippen LogP contribution >= 0.6 is 0 Å². The molecule has 0 aromatic rings. The van der Waals surface area contributed by atoms with Crippen LogP contribution in [0.15, 0.2) is 72.9 Å².